The van der Waals surface area contributed by atoms with E-state index in [1.54, 1.807) is 13.8 Å². The molecule has 20 heavy (non-hydrogen) atoms. The van der Waals surface area contributed by atoms with E-state index in [9.17, 15) is 18.3 Å². The Hall–Kier alpha value is -1.74. The summed E-state index contributed by atoms with van der Waals surface area (Å²) in [6, 6.07) is 5.84. The van der Waals surface area contributed by atoms with Crippen LogP contribution in [0.3, 0.4) is 0 Å². The molecule has 6 heteroatoms. The van der Waals surface area contributed by atoms with Crippen LogP contribution in [0.5, 0.6) is 0 Å². The van der Waals surface area contributed by atoms with Crippen molar-refractivity contribution in [1.82, 2.24) is 0 Å². The summed E-state index contributed by atoms with van der Waals surface area (Å²) in [4.78, 5) is 1.14. The van der Waals surface area contributed by atoms with Gasteiger partial charge in [0.15, 0.2) is 0 Å². The van der Waals surface area contributed by atoms with Crippen LogP contribution in [0, 0.1) is 11.3 Å². The van der Waals surface area contributed by atoms with Gasteiger partial charge in [-0.15, -0.1) is 0 Å². The molecule has 0 spiro atoms. The molecule has 0 unspecified atom stereocenters. The fourth-order valence-electron chi connectivity index (χ4n) is 1.95. The SMILES string of the molecule is CC(C)N(CC(F)(F)F)c1cc(C#N)ccc1[C@@H](C)O. The van der Waals surface area contributed by atoms with E-state index in [4.69, 9.17) is 5.26 Å². The highest BCUT2D eigenvalue weighted by atomic mass is 19.4. The van der Waals surface area contributed by atoms with Crippen LogP contribution in [0.2, 0.25) is 0 Å². The maximum Gasteiger partial charge on any atom is 0.405 e. The number of rotatable bonds is 4. The molecule has 0 saturated carbocycles. The van der Waals surface area contributed by atoms with Gasteiger partial charge < -0.3 is 10.0 Å². The molecule has 0 aromatic heterocycles. The molecular weight excluding hydrogens is 269 g/mol. The average molecular weight is 286 g/mol. The molecule has 0 heterocycles. The molecule has 0 aliphatic rings. The first-order chi connectivity index (χ1) is 9.15. The van der Waals surface area contributed by atoms with Gasteiger partial charge in [-0.3, -0.25) is 0 Å². The molecule has 0 bridgehead atoms. The number of nitrogens with zero attached hydrogens (tertiary/aromatic N) is 2. The molecule has 1 N–H and O–H groups in total. The summed E-state index contributed by atoms with van der Waals surface area (Å²) in [5, 5.41) is 18.6. The van der Waals surface area contributed by atoms with E-state index in [0.29, 0.717) is 5.56 Å². The molecule has 1 atom stereocenters. The first-order valence-electron chi connectivity index (χ1n) is 6.21. The normalized spacial score (nSPS) is 13.2. The van der Waals surface area contributed by atoms with Crippen molar-refractivity contribution in [2.45, 2.75) is 39.1 Å². The second-order valence-electron chi connectivity index (χ2n) is 4.90. The molecule has 1 aromatic rings. The third kappa shape index (κ3) is 4.14. The van der Waals surface area contributed by atoms with Crippen LogP contribution in [0.1, 0.15) is 38.0 Å². The molecule has 0 aliphatic heterocycles. The van der Waals surface area contributed by atoms with Crippen molar-refractivity contribution in [2.75, 3.05) is 11.4 Å². The summed E-state index contributed by atoms with van der Waals surface area (Å²) in [6.07, 6.45) is -5.27. The van der Waals surface area contributed by atoms with Crippen molar-refractivity contribution in [3.05, 3.63) is 29.3 Å². The summed E-state index contributed by atoms with van der Waals surface area (Å²) >= 11 is 0. The van der Waals surface area contributed by atoms with Gasteiger partial charge in [0.05, 0.1) is 17.7 Å². The van der Waals surface area contributed by atoms with Gasteiger partial charge in [-0.2, -0.15) is 18.4 Å². The van der Waals surface area contributed by atoms with Crippen LogP contribution in [0.25, 0.3) is 0 Å². The molecule has 0 fully saturated rings. The number of alkyl halides is 3. The Balaban J connectivity index is 3.34. The zero-order chi connectivity index (χ0) is 15.5. The number of aliphatic hydroxyl groups is 1. The van der Waals surface area contributed by atoms with E-state index in [1.807, 2.05) is 6.07 Å². The van der Waals surface area contributed by atoms with E-state index < -0.39 is 24.9 Å². The Morgan fingerprint density at radius 3 is 2.30 bits per heavy atom. The Bertz CT molecular complexity index is 504. The lowest BCUT2D eigenvalue weighted by molar-refractivity contribution is -0.120. The molecule has 110 valence electrons. The van der Waals surface area contributed by atoms with Crippen molar-refractivity contribution < 1.29 is 18.3 Å². The van der Waals surface area contributed by atoms with Crippen LogP contribution in [0.15, 0.2) is 18.2 Å². The van der Waals surface area contributed by atoms with E-state index in [2.05, 4.69) is 0 Å². The number of anilines is 1. The largest absolute Gasteiger partial charge is 0.405 e. The van der Waals surface area contributed by atoms with Crippen LogP contribution in [0.4, 0.5) is 18.9 Å². The maximum absolute atomic E-state index is 12.7. The quantitative estimate of drug-likeness (QED) is 0.923. The lowest BCUT2D eigenvalue weighted by Gasteiger charge is -2.32. The molecule has 1 rings (SSSR count). The number of hydrogen-bond donors (Lipinski definition) is 1. The fraction of sp³-hybridized carbons (Fsp3) is 0.500. The maximum atomic E-state index is 12.7. The minimum absolute atomic E-state index is 0.242. The molecule has 1 aromatic carbocycles. The van der Waals surface area contributed by atoms with E-state index >= 15 is 0 Å². The highest BCUT2D eigenvalue weighted by molar-refractivity contribution is 5.59. The average Bonchev–Trinajstić information content (AvgIpc) is 2.33. The second kappa shape index (κ2) is 6.14. The van der Waals surface area contributed by atoms with Crippen molar-refractivity contribution in [3.8, 4) is 6.07 Å². The summed E-state index contributed by atoms with van der Waals surface area (Å²) in [7, 11) is 0. The summed E-state index contributed by atoms with van der Waals surface area (Å²) < 4.78 is 38.1. The van der Waals surface area contributed by atoms with E-state index in [1.165, 1.54) is 25.1 Å². The number of nitriles is 1. The Kier molecular flexibility index (Phi) is 5.01. The minimum atomic E-state index is -4.36. The summed E-state index contributed by atoms with van der Waals surface area (Å²) in [5.41, 5.74) is 0.880. The molecule has 3 nitrogen and oxygen atoms in total. The Labute approximate surface area is 116 Å². The number of benzene rings is 1. The zero-order valence-corrected chi connectivity index (χ0v) is 11.6. The predicted molar refractivity (Wildman–Crippen MR) is 70.3 cm³/mol. The first kappa shape index (κ1) is 16.3. The third-order valence-corrected chi connectivity index (χ3v) is 2.89. The number of aliphatic hydroxyl groups excluding tert-OH is 1. The molecule has 0 radical (unpaired) electrons. The van der Waals surface area contributed by atoms with Crippen molar-refractivity contribution in [1.29, 1.82) is 5.26 Å². The molecule has 0 saturated heterocycles. The second-order valence-corrected chi connectivity index (χ2v) is 4.90. The van der Waals surface area contributed by atoms with Gasteiger partial charge in [0.1, 0.15) is 6.54 Å². The van der Waals surface area contributed by atoms with Gasteiger partial charge in [0.25, 0.3) is 0 Å². The van der Waals surface area contributed by atoms with Gasteiger partial charge >= 0.3 is 6.18 Å². The number of hydrogen-bond acceptors (Lipinski definition) is 3. The van der Waals surface area contributed by atoms with Crippen molar-refractivity contribution in [2.24, 2.45) is 0 Å². The van der Waals surface area contributed by atoms with E-state index in [-0.39, 0.29) is 11.3 Å². The van der Waals surface area contributed by atoms with Gasteiger partial charge in [-0.05, 0) is 32.9 Å². The number of halogens is 3. The smallest absolute Gasteiger partial charge is 0.389 e. The Morgan fingerprint density at radius 2 is 1.90 bits per heavy atom. The van der Waals surface area contributed by atoms with Crippen LogP contribution < -0.4 is 4.90 Å². The van der Waals surface area contributed by atoms with Crippen LogP contribution in [-0.4, -0.2) is 23.9 Å². The van der Waals surface area contributed by atoms with Crippen molar-refractivity contribution in [3.63, 3.8) is 0 Å². The van der Waals surface area contributed by atoms with Gasteiger partial charge in [-0.1, -0.05) is 6.07 Å². The first-order valence-corrected chi connectivity index (χ1v) is 6.21. The lowest BCUT2D eigenvalue weighted by atomic mass is 10.0. The Morgan fingerprint density at radius 1 is 1.30 bits per heavy atom. The molecule has 0 aliphatic carbocycles. The summed E-state index contributed by atoms with van der Waals surface area (Å²) in [6.45, 7) is 3.63. The molecule has 0 amide bonds. The van der Waals surface area contributed by atoms with Crippen molar-refractivity contribution >= 4 is 5.69 Å². The van der Waals surface area contributed by atoms with Gasteiger partial charge in [0, 0.05) is 17.3 Å². The standard InChI is InChI=1S/C14H17F3N2O/c1-9(2)19(8-14(15,16)17)13-6-11(7-18)4-5-12(13)10(3)20/h4-6,9-10,20H,8H2,1-3H3/t10-/m1/s1. The van der Waals surface area contributed by atoms with Crippen LogP contribution in [-0.2, 0) is 0 Å². The minimum Gasteiger partial charge on any atom is -0.389 e. The fourth-order valence-corrected chi connectivity index (χ4v) is 1.95. The van der Waals surface area contributed by atoms with Gasteiger partial charge in [0.2, 0.25) is 0 Å². The predicted octanol–water partition coefficient (Wildman–Crippen LogP) is 3.39. The van der Waals surface area contributed by atoms with Gasteiger partial charge in [-0.25, -0.2) is 0 Å². The highest BCUT2D eigenvalue weighted by Gasteiger charge is 2.33. The lowest BCUT2D eigenvalue weighted by Crippen LogP contribution is -2.39. The highest BCUT2D eigenvalue weighted by Crippen LogP contribution is 2.31. The van der Waals surface area contributed by atoms with Crippen LogP contribution >= 0.6 is 0 Å². The van der Waals surface area contributed by atoms with E-state index in [0.717, 1.165) is 4.90 Å². The zero-order valence-electron chi connectivity index (χ0n) is 11.6. The third-order valence-electron chi connectivity index (χ3n) is 2.89. The summed E-state index contributed by atoms with van der Waals surface area (Å²) in [5.74, 6) is 0. The topological polar surface area (TPSA) is 47.3 Å². The molecular formula is C14H17F3N2O. The monoisotopic (exact) mass is 286 g/mol.